The van der Waals surface area contributed by atoms with E-state index >= 15 is 0 Å². The number of amides is 1. The minimum atomic E-state index is -0.878. The van der Waals surface area contributed by atoms with Gasteiger partial charge >= 0.3 is 0 Å². The van der Waals surface area contributed by atoms with E-state index in [4.69, 9.17) is 10.5 Å². The van der Waals surface area contributed by atoms with Crippen LogP contribution in [0.1, 0.15) is 29.8 Å². The average molecular weight is 443 g/mol. The van der Waals surface area contributed by atoms with Crippen LogP contribution < -0.4 is 16.0 Å². The van der Waals surface area contributed by atoms with Gasteiger partial charge in [-0.3, -0.25) is 4.79 Å². The van der Waals surface area contributed by atoms with Crippen molar-refractivity contribution in [3.8, 4) is 17.3 Å². The van der Waals surface area contributed by atoms with Gasteiger partial charge in [0.05, 0.1) is 30.4 Å². The number of carbonyl (C=O) groups is 1. The lowest BCUT2D eigenvalue weighted by atomic mass is 9.82. The zero-order valence-corrected chi connectivity index (χ0v) is 18.7. The van der Waals surface area contributed by atoms with E-state index in [1.54, 1.807) is 44.3 Å². The minimum Gasteiger partial charge on any atom is -0.378 e. The van der Waals surface area contributed by atoms with Gasteiger partial charge in [0.1, 0.15) is 0 Å². The molecule has 2 aromatic carbocycles. The van der Waals surface area contributed by atoms with Crippen molar-refractivity contribution in [1.29, 1.82) is 5.26 Å². The SMILES string of the molecule is CC(C)(C#N)c1cc(-c2ccnc(Nc3ccc(N4CCOCC4)cc3)n2)ccc1C(N)=O. The van der Waals surface area contributed by atoms with Crippen LogP contribution in [0.2, 0.25) is 0 Å². The first kappa shape index (κ1) is 22.2. The van der Waals surface area contributed by atoms with Gasteiger partial charge < -0.3 is 20.7 Å². The summed E-state index contributed by atoms with van der Waals surface area (Å²) in [6, 6.07) is 17.4. The van der Waals surface area contributed by atoms with Crippen molar-refractivity contribution in [1.82, 2.24) is 9.97 Å². The number of nitrogens with two attached hydrogens (primary N) is 1. The first-order chi connectivity index (χ1) is 15.9. The fraction of sp³-hybridized carbons (Fsp3) is 0.280. The number of hydrogen-bond donors (Lipinski definition) is 2. The highest BCUT2D eigenvalue weighted by molar-refractivity contribution is 5.95. The van der Waals surface area contributed by atoms with Crippen LogP contribution in [0.5, 0.6) is 0 Å². The molecule has 1 saturated heterocycles. The quantitative estimate of drug-likeness (QED) is 0.599. The topological polar surface area (TPSA) is 117 Å². The third kappa shape index (κ3) is 4.94. The van der Waals surface area contributed by atoms with E-state index in [2.05, 4.69) is 38.4 Å². The maximum Gasteiger partial charge on any atom is 0.249 e. The first-order valence-electron chi connectivity index (χ1n) is 10.8. The summed E-state index contributed by atoms with van der Waals surface area (Å²) in [5, 5.41) is 12.8. The van der Waals surface area contributed by atoms with Gasteiger partial charge in [-0.05, 0) is 61.9 Å². The second-order valence-corrected chi connectivity index (χ2v) is 8.40. The third-order valence-corrected chi connectivity index (χ3v) is 5.69. The zero-order valence-electron chi connectivity index (χ0n) is 18.7. The molecule has 0 atom stereocenters. The summed E-state index contributed by atoms with van der Waals surface area (Å²) in [5.74, 6) is -0.114. The number of carbonyl (C=O) groups excluding carboxylic acids is 1. The second kappa shape index (κ2) is 9.27. The zero-order chi connectivity index (χ0) is 23.4. The lowest BCUT2D eigenvalue weighted by Crippen LogP contribution is -2.36. The molecule has 33 heavy (non-hydrogen) atoms. The Labute approximate surface area is 193 Å². The van der Waals surface area contributed by atoms with E-state index in [9.17, 15) is 10.1 Å². The number of anilines is 3. The largest absolute Gasteiger partial charge is 0.378 e. The smallest absolute Gasteiger partial charge is 0.249 e. The molecule has 4 rings (SSSR count). The highest BCUT2D eigenvalue weighted by Gasteiger charge is 2.26. The predicted octanol–water partition coefficient (Wildman–Crippen LogP) is 3.62. The maximum atomic E-state index is 11.9. The van der Waals surface area contributed by atoms with Crippen molar-refractivity contribution >= 4 is 23.2 Å². The molecule has 168 valence electrons. The molecule has 0 aliphatic carbocycles. The Morgan fingerprint density at radius 1 is 1.15 bits per heavy atom. The van der Waals surface area contributed by atoms with Crippen LogP contribution in [-0.2, 0) is 10.2 Å². The Morgan fingerprint density at radius 3 is 2.55 bits per heavy atom. The van der Waals surface area contributed by atoms with Crippen molar-refractivity contribution < 1.29 is 9.53 Å². The molecule has 3 N–H and O–H groups in total. The molecule has 1 amide bonds. The van der Waals surface area contributed by atoms with E-state index in [0.29, 0.717) is 22.8 Å². The van der Waals surface area contributed by atoms with Crippen LogP contribution in [0.25, 0.3) is 11.3 Å². The Morgan fingerprint density at radius 2 is 1.88 bits per heavy atom. The van der Waals surface area contributed by atoms with Gasteiger partial charge in [-0.2, -0.15) is 5.26 Å². The number of nitriles is 1. The molecule has 1 aliphatic rings. The van der Waals surface area contributed by atoms with E-state index in [0.717, 1.165) is 43.2 Å². The van der Waals surface area contributed by atoms with Crippen LogP contribution in [0.4, 0.5) is 17.3 Å². The van der Waals surface area contributed by atoms with Gasteiger partial charge in [0.2, 0.25) is 11.9 Å². The summed E-state index contributed by atoms with van der Waals surface area (Å²) in [5.41, 5.74) is 9.02. The summed E-state index contributed by atoms with van der Waals surface area (Å²) >= 11 is 0. The summed E-state index contributed by atoms with van der Waals surface area (Å²) in [6.45, 7) is 6.77. The van der Waals surface area contributed by atoms with Crippen molar-refractivity contribution in [2.24, 2.45) is 5.73 Å². The highest BCUT2D eigenvalue weighted by atomic mass is 16.5. The summed E-state index contributed by atoms with van der Waals surface area (Å²) in [4.78, 5) is 23.1. The molecule has 0 bridgehead atoms. The number of nitrogens with one attached hydrogen (secondary N) is 1. The second-order valence-electron chi connectivity index (χ2n) is 8.40. The van der Waals surface area contributed by atoms with Crippen molar-refractivity contribution in [3.05, 3.63) is 65.9 Å². The van der Waals surface area contributed by atoms with E-state index < -0.39 is 11.3 Å². The summed E-state index contributed by atoms with van der Waals surface area (Å²) in [6.07, 6.45) is 1.67. The highest BCUT2D eigenvalue weighted by Crippen LogP contribution is 2.30. The number of morpholine rings is 1. The fourth-order valence-electron chi connectivity index (χ4n) is 3.78. The van der Waals surface area contributed by atoms with Crippen LogP contribution in [0.3, 0.4) is 0 Å². The Balaban J connectivity index is 1.58. The number of hydrogen-bond acceptors (Lipinski definition) is 7. The molecular weight excluding hydrogens is 416 g/mol. The average Bonchev–Trinajstić information content (AvgIpc) is 2.85. The number of aromatic nitrogens is 2. The Bertz CT molecular complexity index is 1190. The van der Waals surface area contributed by atoms with Gasteiger partial charge in [0, 0.05) is 41.8 Å². The molecule has 0 spiro atoms. The molecule has 0 radical (unpaired) electrons. The van der Waals surface area contributed by atoms with Gasteiger partial charge in [-0.25, -0.2) is 9.97 Å². The summed E-state index contributed by atoms with van der Waals surface area (Å²) < 4.78 is 5.41. The Hall–Kier alpha value is -3.96. The standard InChI is InChI=1S/C25H26N6O2/c1-25(2,16-26)21-15-17(3-8-20(21)23(27)32)22-9-10-28-24(30-22)29-18-4-6-19(7-5-18)31-11-13-33-14-12-31/h3-10,15H,11-14H2,1-2H3,(H2,27,32)(H,28,29,30). The molecule has 0 saturated carbocycles. The van der Waals surface area contributed by atoms with Crippen molar-refractivity contribution in [3.63, 3.8) is 0 Å². The molecule has 8 nitrogen and oxygen atoms in total. The number of ether oxygens (including phenoxy) is 1. The summed E-state index contributed by atoms with van der Waals surface area (Å²) in [7, 11) is 0. The van der Waals surface area contributed by atoms with Gasteiger partial charge in [-0.15, -0.1) is 0 Å². The lowest BCUT2D eigenvalue weighted by molar-refractivity contribution is 0.0998. The molecule has 1 fully saturated rings. The van der Waals surface area contributed by atoms with Gasteiger partial charge in [0.25, 0.3) is 0 Å². The van der Waals surface area contributed by atoms with Crippen molar-refractivity contribution in [2.45, 2.75) is 19.3 Å². The monoisotopic (exact) mass is 442 g/mol. The Kier molecular flexibility index (Phi) is 6.24. The van der Waals surface area contributed by atoms with Crippen molar-refractivity contribution in [2.75, 3.05) is 36.5 Å². The first-order valence-corrected chi connectivity index (χ1v) is 10.8. The molecule has 1 aliphatic heterocycles. The van der Waals surface area contributed by atoms with Crippen LogP contribution in [0.15, 0.2) is 54.7 Å². The number of rotatable bonds is 6. The van der Waals surface area contributed by atoms with Crippen LogP contribution in [-0.4, -0.2) is 42.2 Å². The van der Waals surface area contributed by atoms with E-state index in [1.807, 2.05) is 12.1 Å². The lowest BCUT2D eigenvalue weighted by Gasteiger charge is -2.28. The van der Waals surface area contributed by atoms with E-state index in [-0.39, 0.29) is 0 Å². The number of primary amides is 1. The number of nitrogens with zero attached hydrogens (tertiary/aromatic N) is 4. The number of benzene rings is 2. The molecule has 2 heterocycles. The van der Waals surface area contributed by atoms with Crippen LogP contribution >= 0.6 is 0 Å². The fourth-order valence-corrected chi connectivity index (χ4v) is 3.78. The van der Waals surface area contributed by atoms with Gasteiger partial charge in [-0.1, -0.05) is 6.07 Å². The molecular formula is C25H26N6O2. The van der Waals surface area contributed by atoms with Gasteiger partial charge in [0.15, 0.2) is 0 Å². The normalized spacial score (nSPS) is 13.9. The predicted molar refractivity (Wildman–Crippen MR) is 127 cm³/mol. The van der Waals surface area contributed by atoms with Crippen LogP contribution in [0, 0.1) is 11.3 Å². The molecule has 0 unspecified atom stereocenters. The minimum absolute atomic E-state index is 0.332. The maximum absolute atomic E-state index is 11.9. The molecule has 3 aromatic rings. The molecule has 8 heteroatoms. The molecule has 1 aromatic heterocycles. The van der Waals surface area contributed by atoms with E-state index in [1.165, 1.54) is 0 Å². The third-order valence-electron chi connectivity index (χ3n) is 5.69.